The standard InChI is InChI=1S/C16H12N2O2/c1-3-7-15-11(5-1)9-13(17-19-15)14-10-12-6-2-4-8-16(12)20-18-14/h1-4,7-10H,5-6H2. The molecule has 20 heavy (non-hydrogen) atoms. The van der Waals surface area contributed by atoms with Gasteiger partial charge < -0.3 is 9.68 Å². The summed E-state index contributed by atoms with van der Waals surface area (Å²) in [5.41, 5.74) is 3.63. The molecule has 0 spiro atoms. The molecule has 0 aromatic heterocycles. The minimum atomic E-state index is 0.702. The fourth-order valence-corrected chi connectivity index (χ4v) is 2.38. The lowest BCUT2D eigenvalue weighted by molar-refractivity contribution is 0.227. The molecule has 0 aromatic rings. The number of rotatable bonds is 1. The summed E-state index contributed by atoms with van der Waals surface area (Å²) in [7, 11) is 0. The van der Waals surface area contributed by atoms with Crippen LogP contribution in [0.15, 0.2) is 81.6 Å². The van der Waals surface area contributed by atoms with Crippen LogP contribution in [0.3, 0.4) is 0 Å². The van der Waals surface area contributed by atoms with Crippen molar-refractivity contribution in [3.05, 3.63) is 71.3 Å². The number of hydrogen-bond donors (Lipinski definition) is 0. The number of nitrogens with zero attached hydrogens (tertiary/aromatic N) is 2. The van der Waals surface area contributed by atoms with Crippen LogP contribution in [0.1, 0.15) is 12.8 Å². The third-order valence-corrected chi connectivity index (χ3v) is 3.44. The summed E-state index contributed by atoms with van der Waals surface area (Å²) in [5, 5.41) is 8.24. The molecule has 0 saturated carbocycles. The molecule has 4 aliphatic rings. The zero-order valence-corrected chi connectivity index (χ0v) is 10.7. The molecule has 98 valence electrons. The maximum absolute atomic E-state index is 5.42. The van der Waals surface area contributed by atoms with Crippen molar-refractivity contribution in [3.63, 3.8) is 0 Å². The number of fused-ring (bicyclic) bond motifs is 2. The molecular weight excluding hydrogens is 252 g/mol. The molecule has 2 aliphatic carbocycles. The maximum Gasteiger partial charge on any atom is 0.161 e. The molecule has 0 atom stereocenters. The number of hydrogen-bond acceptors (Lipinski definition) is 4. The highest BCUT2D eigenvalue weighted by atomic mass is 16.6. The number of oxime groups is 2. The average molecular weight is 264 g/mol. The van der Waals surface area contributed by atoms with E-state index in [1.165, 1.54) is 0 Å². The van der Waals surface area contributed by atoms with Gasteiger partial charge in [0.05, 0.1) is 0 Å². The van der Waals surface area contributed by atoms with Gasteiger partial charge in [0, 0.05) is 11.1 Å². The predicted molar refractivity (Wildman–Crippen MR) is 76.9 cm³/mol. The molecule has 0 radical (unpaired) electrons. The van der Waals surface area contributed by atoms with Crippen molar-refractivity contribution < 1.29 is 9.68 Å². The number of allylic oxidation sites excluding steroid dienone is 10. The first kappa shape index (κ1) is 11.2. The van der Waals surface area contributed by atoms with E-state index in [-0.39, 0.29) is 0 Å². The zero-order chi connectivity index (χ0) is 13.4. The van der Waals surface area contributed by atoms with Gasteiger partial charge in [0.25, 0.3) is 0 Å². The normalized spacial score (nSPS) is 22.8. The monoisotopic (exact) mass is 264 g/mol. The van der Waals surface area contributed by atoms with Gasteiger partial charge in [-0.05, 0) is 37.1 Å². The molecule has 0 unspecified atom stereocenters. The van der Waals surface area contributed by atoms with Crippen molar-refractivity contribution in [2.75, 3.05) is 0 Å². The van der Waals surface area contributed by atoms with Crippen LogP contribution < -0.4 is 0 Å². The Kier molecular flexibility index (Phi) is 2.52. The first-order valence-electron chi connectivity index (χ1n) is 6.56. The first-order chi connectivity index (χ1) is 9.90. The van der Waals surface area contributed by atoms with E-state index >= 15 is 0 Å². The van der Waals surface area contributed by atoms with E-state index in [9.17, 15) is 0 Å². The Hall–Kier alpha value is -2.62. The molecular formula is C16H12N2O2. The van der Waals surface area contributed by atoms with Gasteiger partial charge in [0.15, 0.2) is 11.5 Å². The third-order valence-electron chi connectivity index (χ3n) is 3.44. The smallest absolute Gasteiger partial charge is 0.161 e. The molecule has 4 rings (SSSR count). The highest BCUT2D eigenvalue weighted by Crippen LogP contribution is 2.27. The molecule has 2 heterocycles. The van der Waals surface area contributed by atoms with Crippen LogP contribution in [0, 0.1) is 0 Å². The SMILES string of the molecule is C1=CCC2=CC(C3=NOC4=CC=CCC4=C3)=NOC2=C1. The van der Waals surface area contributed by atoms with E-state index in [4.69, 9.17) is 9.68 Å². The van der Waals surface area contributed by atoms with Crippen LogP contribution in [0.4, 0.5) is 0 Å². The Bertz CT molecular complexity index is 651. The van der Waals surface area contributed by atoms with Gasteiger partial charge >= 0.3 is 0 Å². The van der Waals surface area contributed by atoms with Gasteiger partial charge in [0.2, 0.25) is 0 Å². The summed E-state index contributed by atoms with van der Waals surface area (Å²) in [6.07, 6.45) is 17.7. The third kappa shape index (κ3) is 1.86. The minimum absolute atomic E-state index is 0.702. The van der Waals surface area contributed by atoms with Crippen LogP contribution >= 0.6 is 0 Å². The van der Waals surface area contributed by atoms with Crippen LogP contribution in [-0.4, -0.2) is 11.4 Å². The predicted octanol–water partition coefficient (Wildman–Crippen LogP) is 3.30. The van der Waals surface area contributed by atoms with Crippen LogP contribution in [0.25, 0.3) is 0 Å². The van der Waals surface area contributed by atoms with Crippen LogP contribution in [0.5, 0.6) is 0 Å². The summed E-state index contributed by atoms with van der Waals surface area (Å²) >= 11 is 0. The van der Waals surface area contributed by atoms with E-state index in [1.54, 1.807) is 0 Å². The highest BCUT2D eigenvalue weighted by molar-refractivity contribution is 6.50. The van der Waals surface area contributed by atoms with Gasteiger partial charge in [-0.3, -0.25) is 0 Å². The fourth-order valence-electron chi connectivity index (χ4n) is 2.38. The largest absolute Gasteiger partial charge is 0.356 e. The molecule has 0 fully saturated rings. The van der Waals surface area contributed by atoms with E-state index in [2.05, 4.69) is 22.5 Å². The molecule has 0 N–H and O–H groups in total. The fraction of sp³-hybridized carbons (Fsp3) is 0.125. The van der Waals surface area contributed by atoms with Gasteiger partial charge in [0.1, 0.15) is 11.4 Å². The Labute approximate surface area is 116 Å². The van der Waals surface area contributed by atoms with Crippen molar-refractivity contribution in [3.8, 4) is 0 Å². The quantitative estimate of drug-likeness (QED) is 0.729. The van der Waals surface area contributed by atoms with E-state index in [1.807, 2.05) is 36.5 Å². The molecule has 0 amide bonds. The topological polar surface area (TPSA) is 43.2 Å². The van der Waals surface area contributed by atoms with Crippen molar-refractivity contribution in [2.45, 2.75) is 12.8 Å². The van der Waals surface area contributed by atoms with E-state index in [0.29, 0.717) is 11.4 Å². The van der Waals surface area contributed by atoms with Crippen molar-refractivity contribution in [2.24, 2.45) is 10.3 Å². The molecule has 0 bridgehead atoms. The Balaban J connectivity index is 1.64. The van der Waals surface area contributed by atoms with Crippen molar-refractivity contribution in [1.82, 2.24) is 0 Å². The van der Waals surface area contributed by atoms with Gasteiger partial charge in [-0.15, -0.1) is 0 Å². The lowest BCUT2D eigenvalue weighted by Crippen LogP contribution is -2.19. The second kappa shape index (κ2) is 4.49. The first-order valence-corrected chi connectivity index (χ1v) is 6.56. The van der Waals surface area contributed by atoms with Crippen LogP contribution in [-0.2, 0) is 9.68 Å². The summed E-state index contributed by atoms with van der Waals surface area (Å²) in [6, 6.07) is 0. The summed E-state index contributed by atoms with van der Waals surface area (Å²) < 4.78 is 0. The molecule has 4 nitrogen and oxygen atoms in total. The van der Waals surface area contributed by atoms with E-state index in [0.717, 1.165) is 35.5 Å². The van der Waals surface area contributed by atoms with Gasteiger partial charge in [-0.1, -0.05) is 34.6 Å². The highest BCUT2D eigenvalue weighted by Gasteiger charge is 2.22. The molecule has 2 aliphatic heterocycles. The molecule has 4 heteroatoms. The molecule has 0 aromatic carbocycles. The van der Waals surface area contributed by atoms with Crippen molar-refractivity contribution >= 4 is 11.4 Å². The van der Waals surface area contributed by atoms with Gasteiger partial charge in [-0.2, -0.15) is 0 Å². The second-order valence-corrected chi connectivity index (χ2v) is 4.80. The maximum atomic E-state index is 5.42. The minimum Gasteiger partial charge on any atom is -0.356 e. The average Bonchev–Trinajstić information content (AvgIpc) is 2.54. The van der Waals surface area contributed by atoms with Gasteiger partial charge in [-0.25, -0.2) is 0 Å². The Morgan fingerprint density at radius 2 is 1.25 bits per heavy atom. The lowest BCUT2D eigenvalue weighted by Gasteiger charge is -2.19. The van der Waals surface area contributed by atoms with Crippen LogP contribution in [0.2, 0.25) is 0 Å². The zero-order valence-electron chi connectivity index (χ0n) is 10.7. The summed E-state index contributed by atoms with van der Waals surface area (Å²) in [6.45, 7) is 0. The summed E-state index contributed by atoms with van der Waals surface area (Å²) in [4.78, 5) is 10.8. The van der Waals surface area contributed by atoms with Crippen molar-refractivity contribution in [1.29, 1.82) is 0 Å². The second-order valence-electron chi connectivity index (χ2n) is 4.80. The Morgan fingerprint density at radius 1 is 0.750 bits per heavy atom. The summed E-state index contributed by atoms with van der Waals surface area (Å²) in [5.74, 6) is 1.62. The lowest BCUT2D eigenvalue weighted by atomic mass is 9.98. The molecule has 0 saturated heterocycles. The Morgan fingerprint density at radius 3 is 1.75 bits per heavy atom. The van der Waals surface area contributed by atoms with E-state index < -0.39 is 0 Å².